The fraction of sp³-hybridized carbons (Fsp3) is 0.478. The van der Waals surface area contributed by atoms with Crippen LogP contribution >= 0.6 is 15.9 Å². The lowest BCUT2D eigenvalue weighted by atomic mass is 9.85. The fourth-order valence-electron chi connectivity index (χ4n) is 4.15. The molecule has 0 radical (unpaired) electrons. The zero-order valence-electron chi connectivity index (χ0n) is 17.2. The minimum absolute atomic E-state index is 0.0429. The van der Waals surface area contributed by atoms with Gasteiger partial charge >= 0.3 is 5.97 Å². The van der Waals surface area contributed by atoms with Crippen molar-refractivity contribution in [2.75, 3.05) is 13.7 Å². The van der Waals surface area contributed by atoms with Gasteiger partial charge in [0.15, 0.2) is 0 Å². The number of hydrogen-bond acceptors (Lipinski definition) is 4. The van der Waals surface area contributed by atoms with Gasteiger partial charge in [0.25, 0.3) is 0 Å². The van der Waals surface area contributed by atoms with Crippen LogP contribution in [0.3, 0.4) is 0 Å². The summed E-state index contributed by atoms with van der Waals surface area (Å²) in [5, 5.41) is 3.17. The Morgan fingerprint density at radius 2 is 2.17 bits per heavy atom. The molecule has 156 valence electrons. The van der Waals surface area contributed by atoms with Crippen LogP contribution in [0.15, 0.2) is 52.5 Å². The molecule has 0 bridgehead atoms. The number of esters is 1. The lowest BCUT2D eigenvalue weighted by Crippen LogP contribution is -2.46. The Hall–Kier alpha value is -1.92. The van der Waals surface area contributed by atoms with E-state index in [4.69, 9.17) is 4.74 Å². The van der Waals surface area contributed by atoms with E-state index in [-0.39, 0.29) is 35.8 Å². The highest BCUT2D eigenvalue weighted by atomic mass is 79.9. The number of rotatable bonds is 6. The number of allylic oxidation sites excluding steroid dienone is 1. The van der Waals surface area contributed by atoms with Gasteiger partial charge in [-0.15, -0.1) is 0 Å². The molecule has 0 saturated carbocycles. The van der Waals surface area contributed by atoms with E-state index in [2.05, 4.69) is 44.4 Å². The standard InChI is InChI=1S/C23H29BrN2O3/c1-15-12-18(9-10-20(15)23(28)29-3)16(2)25-22(27)21-8-5-11-26(21)14-17-6-4-7-19(24)13-17/h4,6-7,9-10,12-13,15-16,20-21H,5,8,11,14H2,1-3H3,(H,25,27)/t15?,16-,20?,21+/m0/s1. The molecule has 1 aliphatic carbocycles. The van der Waals surface area contributed by atoms with E-state index in [0.29, 0.717) is 0 Å². The molecule has 1 N–H and O–H groups in total. The number of methoxy groups -OCH3 is 1. The fourth-order valence-corrected chi connectivity index (χ4v) is 4.59. The van der Waals surface area contributed by atoms with Crippen molar-refractivity contribution in [2.45, 2.75) is 45.3 Å². The van der Waals surface area contributed by atoms with Crippen molar-refractivity contribution in [1.29, 1.82) is 0 Å². The summed E-state index contributed by atoms with van der Waals surface area (Å²) in [5.74, 6) is -0.375. The molecule has 1 aromatic rings. The average molecular weight is 461 g/mol. The SMILES string of the molecule is COC(=O)C1C=CC([C@H](C)NC(=O)[C@H]2CCCN2Cc2cccc(Br)c2)=CC1C. The molecule has 5 nitrogen and oxygen atoms in total. The van der Waals surface area contributed by atoms with Crippen molar-refractivity contribution >= 4 is 27.8 Å². The number of amides is 1. The summed E-state index contributed by atoms with van der Waals surface area (Å²) in [6.45, 7) is 5.69. The van der Waals surface area contributed by atoms with E-state index in [9.17, 15) is 9.59 Å². The number of halogens is 1. The first kappa shape index (κ1) is 21.8. The molecule has 1 fully saturated rings. The van der Waals surface area contributed by atoms with Crippen LogP contribution in [-0.2, 0) is 20.9 Å². The van der Waals surface area contributed by atoms with Gasteiger partial charge in [0.05, 0.1) is 25.1 Å². The van der Waals surface area contributed by atoms with Gasteiger partial charge in [0.1, 0.15) is 0 Å². The molecular formula is C23H29BrN2O3. The Kier molecular flexibility index (Phi) is 7.30. The summed E-state index contributed by atoms with van der Waals surface area (Å²) in [6, 6.07) is 8.02. The zero-order valence-corrected chi connectivity index (χ0v) is 18.8. The van der Waals surface area contributed by atoms with Crippen molar-refractivity contribution in [3.63, 3.8) is 0 Å². The Morgan fingerprint density at radius 3 is 2.86 bits per heavy atom. The first-order valence-electron chi connectivity index (χ1n) is 10.2. The van der Waals surface area contributed by atoms with Crippen molar-refractivity contribution < 1.29 is 14.3 Å². The van der Waals surface area contributed by atoms with E-state index in [0.717, 1.165) is 36.0 Å². The highest BCUT2D eigenvalue weighted by molar-refractivity contribution is 9.10. The van der Waals surface area contributed by atoms with Gasteiger partial charge in [-0.3, -0.25) is 14.5 Å². The smallest absolute Gasteiger partial charge is 0.313 e. The second-order valence-electron chi connectivity index (χ2n) is 7.92. The Bertz CT molecular complexity index is 820. The van der Waals surface area contributed by atoms with E-state index < -0.39 is 0 Å². The highest BCUT2D eigenvalue weighted by Crippen LogP contribution is 2.26. The highest BCUT2D eigenvalue weighted by Gasteiger charge is 2.32. The van der Waals surface area contributed by atoms with Gasteiger partial charge in [0.2, 0.25) is 5.91 Å². The second-order valence-corrected chi connectivity index (χ2v) is 8.84. The molecular weight excluding hydrogens is 432 g/mol. The Balaban J connectivity index is 1.60. The van der Waals surface area contributed by atoms with Crippen LogP contribution in [-0.4, -0.2) is 42.5 Å². The lowest BCUT2D eigenvalue weighted by Gasteiger charge is -2.27. The van der Waals surface area contributed by atoms with Crippen LogP contribution in [0.1, 0.15) is 32.3 Å². The number of carbonyl (C=O) groups excluding carboxylic acids is 2. The molecule has 1 aromatic carbocycles. The predicted octanol–water partition coefficient (Wildman–Crippen LogP) is 3.84. The van der Waals surface area contributed by atoms with Crippen molar-refractivity contribution in [2.24, 2.45) is 11.8 Å². The second kappa shape index (κ2) is 9.72. The Labute approximate surface area is 181 Å². The Morgan fingerprint density at radius 1 is 1.38 bits per heavy atom. The quantitative estimate of drug-likeness (QED) is 0.655. The minimum Gasteiger partial charge on any atom is -0.469 e. The molecule has 6 heteroatoms. The average Bonchev–Trinajstić information content (AvgIpc) is 3.15. The normalized spacial score (nSPS) is 25.4. The summed E-state index contributed by atoms with van der Waals surface area (Å²) >= 11 is 3.52. The van der Waals surface area contributed by atoms with Crippen LogP contribution in [0.25, 0.3) is 0 Å². The monoisotopic (exact) mass is 460 g/mol. The largest absolute Gasteiger partial charge is 0.469 e. The van der Waals surface area contributed by atoms with E-state index in [1.54, 1.807) is 0 Å². The third-order valence-electron chi connectivity index (χ3n) is 5.79. The van der Waals surface area contributed by atoms with Crippen LogP contribution in [0.2, 0.25) is 0 Å². The number of carbonyl (C=O) groups is 2. The van der Waals surface area contributed by atoms with E-state index >= 15 is 0 Å². The van der Waals surface area contributed by atoms with Crippen LogP contribution in [0.5, 0.6) is 0 Å². The van der Waals surface area contributed by atoms with Gasteiger partial charge in [0, 0.05) is 11.0 Å². The number of benzene rings is 1. The first-order chi connectivity index (χ1) is 13.9. The predicted molar refractivity (Wildman–Crippen MR) is 117 cm³/mol. The molecule has 2 aliphatic rings. The van der Waals surface area contributed by atoms with Crippen molar-refractivity contribution in [3.05, 3.63) is 58.1 Å². The summed E-state index contributed by atoms with van der Waals surface area (Å²) < 4.78 is 5.91. The molecule has 0 spiro atoms. The van der Waals surface area contributed by atoms with Crippen molar-refractivity contribution in [1.82, 2.24) is 10.2 Å². The van der Waals surface area contributed by atoms with Crippen LogP contribution in [0, 0.1) is 11.8 Å². The molecule has 29 heavy (non-hydrogen) atoms. The van der Waals surface area contributed by atoms with Gasteiger partial charge in [-0.05, 0) is 55.5 Å². The molecule has 3 rings (SSSR count). The summed E-state index contributed by atoms with van der Waals surface area (Å²) in [6.07, 6.45) is 7.77. The maximum Gasteiger partial charge on any atom is 0.313 e. The molecule has 4 atom stereocenters. The summed E-state index contributed by atoms with van der Waals surface area (Å²) in [5.41, 5.74) is 2.23. The third kappa shape index (κ3) is 5.37. The topological polar surface area (TPSA) is 58.6 Å². The lowest BCUT2D eigenvalue weighted by molar-refractivity contribution is -0.144. The van der Waals surface area contributed by atoms with Crippen molar-refractivity contribution in [3.8, 4) is 0 Å². The van der Waals surface area contributed by atoms with Gasteiger partial charge < -0.3 is 10.1 Å². The van der Waals surface area contributed by atoms with E-state index in [1.807, 2.05) is 38.1 Å². The van der Waals surface area contributed by atoms with Crippen LogP contribution in [0.4, 0.5) is 0 Å². The minimum atomic E-state index is -0.262. The molecule has 0 aromatic heterocycles. The summed E-state index contributed by atoms with van der Waals surface area (Å²) in [4.78, 5) is 27.1. The first-order valence-corrected chi connectivity index (χ1v) is 10.9. The summed E-state index contributed by atoms with van der Waals surface area (Å²) in [7, 11) is 1.41. The number of ether oxygens (including phenoxy) is 1. The molecule has 1 heterocycles. The van der Waals surface area contributed by atoms with Gasteiger partial charge in [-0.25, -0.2) is 0 Å². The van der Waals surface area contributed by atoms with Gasteiger partial charge in [-0.1, -0.05) is 53.2 Å². The third-order valence-corrected chi connectivity index (χ3v) is 6.28. The van der Waals surface area contributed by atoms with E-state index in [1.165, 1.54) is 12.7 Å². The molecule has 2 unspecified atom stereocenters. The zero-order chi connectivity index (χ0) is 21.0. The number of hydrogen-bond donors (Lipinski definition) is 1. The number of nitrogens with one attached hydrogen (secondary N) is 1. The van der Waals surface area contributed by atoms with Crippen LogP contribution < -0.4 is 5.32 Å². The maximum atomic E-state index is 13.0. The molecule has 1 saturated heterocycles. The molecule has 1 amide bonds. The number of nitrogens with zero attached hydrogens (tertiary/aromatic N) is 1. The van der Waals surface area contributed by atoms with Gasteiger partial charge in [-0.2, -0.15) is 0 Å². The maximum absolute atomic E-state index is 13.0. The molecule has 1 aliphatic heterocycles. The number of likely N-dealkylation sites (tertiary alicyclic amines) is 1.